The third-order valence-corrected chi connectivity index (χ3v) is 9.64. The van der Waals surface area contributed by atoms with Crippen molar-refractivity contribution in [2.24, 2.45) is 7.05 Å². The summed E-state index contributed by atoms with van der Waals surface area (Å²) in [6.07, 6.45) is 4.29. The highest BCUT2D eigenvalue weighted by atomic mass is 35.5. The van der Waals surface area contributed by atoms with Crippen LogP contribution in [0, 0.1) is 23.5 Å². The van der Waals surface area contributed by atoms with Gasteiger partial charge in [-0.25, -0.2) is 22.2 Å². The molecule has 0 saturated carbocycles. The van der Waals surface area contributed by atoms with Crippen LogP contribution in [0.4, 0.5) is 14.6 Å². The van der Waals surface area contributed by atoms with Gasteiger partial charge in [0.15, 0.2) is 11.0 Å². The lowest BCUT2D eigenvalue weighted by Gasteiger charge is -2.23. The van der Waals surface area contributed by atoms with E-state index < -0.39 is 39.2 Å². The van der Waals surface area contributed by atoms with Crippen molar-refractivity contribution in [2.75, 3.05) is 11.0 Å². The van der Waals surface area contributed by atoms with Crippen molar-refractivity contribution in [3.8, 4) is 23.0 Å². The molecule has 2 aromatic carbocycles. The molecule has 1 atom stereocenters. The molecular weight excluding hydrogens is 735 g/mol. The number of fused-ring (bicyclic) bond motifs is 2. The number of nitrogens with zero attached hydrogens (tertiary/aromatic N) is 5. The molecule has 3 N–H and O–H groups in total. The Bertz CT molecular complexity index is 2370. The summed E-state index contributed by atoms with van der Waals surface area (Å²) in [6.45, 7) is 2.86. The second-order valence-electron chi connectivity index (χ2n) is 13.3. The van der Waals surface area contributed by atoms with Crippen LogP contribution in [0.1, 0.15) is 60.9 Å². The van der Waals surface area contributed by atoms with Crippen molar-refractivity contribution >= 4 is 55.9 Å². The van der Waals surface area contributed by atoms with E-state index in [4.69, 9.17) is 28.2 Å². The Balaban J connectivity index is 1.53. The van der Waals surface area contributed by atoms with Gasteiger partial charge in [-0.05, 0) is 87.8 Å². The molecule has 0 bridgehead atoms. The summed E-state index contributed by atoms with van der Waals surface area (Å²) >= 11 is 13.1. The number of amides is 1. The fraction of sp³-hybridized carbons (Fsp3) is 0.333. The van der Waals surface area contributed by atoms with E-state index in [1.807, 2.05) is 0 Å². The Hall–Kier alpha value is -4.55. The molecule has 0 radical (unpaired) electrons. The van der Waals surface area contributed by atoms with Gasteiger partial charge in [0.05, 0.1) is 33.9 Å². The highest BCUT2D eigenvalue weighted by molar-refractivity contribution is 7.92. The van der Waals surface area contributed by atoms with Crippen LogP contribution in [0.3, 0.4) is 0 Å². The van der Waals surface area contributed by atoms with Gasteiger partial charge in [0.1, 0.15) is 29.5 Å². The number of hydrogen-bond donors (Lipinski definition) is 3. The SMILES string of the molecule is Cn1nc(NS(C)(=O)=O)c2c(Cl)ccc(-c3ccc(C#CC(C)(C)O)nc3C(Cc3cc(F)cc(F)c3)NC(=O)Cn3nc(Cl)c4c3CCCC4)c21. The second-order valence-corrected chi connectivity index (χ2v) is 15.8. The lowest BCUT2D eigenvalue weighted by Crippen LogP contribution is -2.34. The summed E-state index contributed by atoms with van der Waals surface area (Å²) in [5.74, 6) is 3.57. The van der Waals surface area contributed by atoms with Crippen LogP contribution in [-0.4, -0.2) is 55.8 Å². The number of aromatic nitrogens is 5. The fourth-order valence-electron chi connectivity index (χ4n) is 6.41. The van der Waals surface area contributed by atoms with Crippen LogP contribution < -0.4 is 10.0 Å². The van der Waals surface area contributed by atoms with Crippen LogP contribution in [0.2, 0.25) is 10.2 Å². The number of sulfonamides is 1. The molecule has 5 aromatic rings. The van der Waals surface area contributed by atoms with E-state index in [0.29, 0.717) is 27.2 Å². The zero-order valence-corrected chi connectivity index (χ0v) is 31.0. The van der Waals surface area contributed by atoms with Gasteiger partial charge in [0, 0.05) is 35.5 Å². The maximum Gasteiger partial charge on any atom is 0.242 e. The molecule has 1 amide bonds. The molecule has 0 fully saturated rings. The maximum atomic E-state index is 14.5. The molecule has 0 saturated heterocycles. The molecule has 3 heterocycles. The zero-order chi connectivity index (χ0) is 37.5. The van der Waals surface area contributed by atoms with Crippen LogP contribution in [0.15, 0.2) is 42.5 Å². The molecule has 1 aliphatic carbocycles. The third kappa shape index (κ3) is 8.39. The predicted molar refractivity (Wildman–Crippen MR) is 195 cm³/mol. The van der Waals surface area contributed by atoms with Crippen molar-refractivity contribution in [1.82, 2.24) is 29.9 Å². The first-order valence-electron chi connectivity index (χ1n) is 16.3. The summed E-state index contributed by atoms with van der Waals surface area (Å²) in [6, 6.07) is 8.74. The number of rotatable bonds is 9. The number of anilines is 1. The number of hydrogen-bond acceptors (Lipinski definition) is 7. The van der Waals surface area contributed by atoms with E-state index in [1.165, 1.54) is 30.7 Å². The second kappa shape index (κ2) is 14.5. The molecule has 1 aliphatic rings. The monoisotopic (exact) mass is 769 g/mol. The van der Waals surface area contributed by atoms with E-state index in [9.17, 15) is 27.1 Å². The average Bonchev–Trinajstić information content (AvgIpc) is 3.54. The molecule has 1 unspecified atom stereocenters. The number of benzene rings is 2. The highest BCUT2D eigenvalue weighted by Crippen LogP contribution is 2.40. The van der Waals surface area contributed by atoms with E-state index in [2.05, 4.69) is 32.1 Å². The summed E-state index contributed by atoms with van der Waals surface area (Å²) < 4.78 is 58.9. The van der Waals surface area contributed by atoms with Gasteiger partial charge < -0.3 is 10.4 Å². The van der Waals surface area contributed by atoms with Gasteiger partial charge in [-0.1, -0.05) is 35.2 Å². The first-order chi connectivity index (χ1) is 24.5. The predicted octanol–water partition coefficient (Wildman–Crippen LogP) is 5.89. The smallest absolute Gasteiger partial charge is 0.242 e. The minimum absolute atomic E-state index is 0.00956. The Labute approximate surface area is 309 Å². The number of carbonyl (C=O) groups is 1. The van der Waals surface area contributed by atoms with E-state index in [0.717, 1.165) is 49.3 Å². The van der Waals surface area contributed by atoms with Crippen LogP contribution in [0.5, 0.6) is 0 Å². The molecule has 52 heavy (non-hydrogen) atoms. The van der Waals surface area contributed by atoms with Gasteiger partial charge in [0.2, 0.25) is 15.9 Å². The van der Waals surface area contributed by atoms with Crippen molar-refractivity contribution in [3.63, 3.8) is 0 Å². The normalized spacial score (nSPS) is 13.7. The standard InChI is InChI=1S/C36H35Cl2F2N7O4S/c1-36(2,49)14-13-23-9-10-24(25-11-12-27(37)31-33(25)46(3)44-35(31)45-52(4,50)51)32(41-23)28(17-20-15-21(39)18-22(40)16-20)42-30(48)19-47-29-8-6-5-7-26(29)34(38)43-47/h9-12,15-16,18,28,49H,5-8,17,19H2,1-4H3,(H,42,48)(H,44,45). The molecular formula is C36H35Cl2F2N7O4S. The minimum atomic E-state index is -3.74. The average molecular weight is 771 g/mol. The summed E-state index contributed by atoms with van der Waals surface area (Å²) in [5.41, 5.74) is 2.62. The Morgan fingerprint density at radius 3 is 2.44 bits per heavy atom. The minimum Gasteiger partial charge on any atom is -0.378 e. The Kier molecular flexibility index (Phi) is 10.4. The third-order valence-electron chi connectivity index (χ3n) is 8.46. The van der Waals surface area contributed by atoms with Gasteiger partial charge in [-0.15, -0.1) is 0 Å². The molecule has 6 rings (SSSR count). The number of nitrogens with one attached hydrogen (secondary N) is 2. The van der Waals surface area contributed by atoms with Crippen LogP contribution >= 0.6 is 23.2 Å². The number of carbonyl (C=O) groups excluding carboxylic acids is 1. The zero-order valence-electron chi connectivity index (χ0n) is 28.7. The summed E-state index contributed by atoms with van der Waals surface area (Å²) in [7, 11) is -2.12. The molecule has 3 aromatic heterocycles. The number of aryl methyl sites for hydroxylation is 1. The maximum absolute atomic E-state index is 14.5. The number of pyridine rings is 1. The highest BCUT2D eigenvalue weighted by Gasteiger charge is 2.27. The van der Waals surface area contributed by atoms with E-state index >= 15 is 0 Å². The van der Waals surface area contributed by atoms with Crippen LogP contribution in [0.25, 0.3) is 22.0 Å². The lowest BCUT2D eigenvalue weighted by molar-refractivity contribution is -0.122. The first kappa shape index (κ1) is 37.2. The summed E-state index contributed by atoms with van der Waals surface area (Å²) in [5, 5.41) is 23.0. The molecule has 0 spiro atoms. The first-order valence-corrected chi connectivity index (χ1v) is 19.0. The van der Waals surface area contributed by atoms with Crippen molar-refractivity contribution < 1.29 is 27.1 Å². The molecule has 16 heteroatoms. The van der Waals surface area contributed by atoms with Crippen molar-refractivity contribution in [3.05, 3.63) is 92.5 Å². The summed E-state index contributed by atoms with van der Waals surface area (Å²) in [4.78, 5) is 18.8. The number of aliphatic hydroxyl groups is 1. The van der Waals surface area contributed by atoms with Crippen LogP contribution in [-0.2, 0) is 47.7 Å². The van der Waals surface area contributed by atoms with Gasteiger partial charge in [0.25, 0.3) is 0 Å². The Morgan fingerprint density at radius 1 is 1.06 bits per heavy atom. The quantitative estimate of drug-likeness (QED) is 0.159. The molecule has 272 valence electrons. The van der Waals surface area contributed by atoms with Gasteiger partial charge >= 0.3 is 0 Å². The van der Waals surface area contributed by atoms with Crippen molar-refractivity contribution in [2.45, 2.75) is 64.1 Å². The van der Waals surface area contributed by atoms with Gasteiger partial charge in [-0.3, -0.25) is 18.9 Å². The largest absolute Gasteiger partial charge is 0.378 e. The van der Waals surface area contributed by atoms with E-state index in [1.54, 1.807) is 36.0 Å². The molecule has 0 aliphatic heterocycles. The Morgan fingerprint density at radius 2 is 1.75 bits per heavy atom. The van der Waals surface area contributed by atoms with Crippen molar-refractivity contribution in [1.29, 1.82) is 0 Å². The van der Waals surface area contributed by atoms with Gasteiger partial charge in [-0.2, -0.15) is 10.2 Å². The number of halogens is 4. The van der Waals surface area contributed by atoms with E-state index in [-0.39, 0.29) is 40.8 Å². The fourth-order valence-corrected chi connectivity index (χ4v) is 7.44. The topological polar surface area (TPSA) is 144 Å². The molecule has 11 nitrogen and oxygen atoms in total. The lowest BCUT2D eigenvalue weighted by atomic mass is 9.93.